The minimum absolute atomic E-state index is 0.369. The summed E-state index contributed by atoms with van der Waals surface area (Å²) in [6.07, 6.45) is 9.20. The van der Waals surface area contributed by atoms with E-state index in [4.69, 9.17) is 9.47 Å². The fourth-order valence-electron chi connectivity index (χ4n) is 4.40. The average Bonchev–Trinajstić information content (AvgIpc) is 3.27. The van der Waals surface area contributed by atoms with Gasteiger partial charge in [-0.2, -0.15) is 0 Å². The van der Waals surface area contributed by atoms with Crippen molar-refractivity contribution in [3.63, 3.8) is 0 Å². The molecule has 0 aromatic rings. The van der Waals surface area contributed by atoms with Gasteiger partial charge in [0.05, 0.1) is 24.4 Å². The highest BCUT2D eigenvalue weighted by Crippen LogP contribution is 2.41. The van der Waals surface area contributed by atoms with Crippen molar-refractivity contribution in [2.45, 2.75) is 89.8 Å². The number of rotatable bonds is 7. The van der Waals surface area contributed by atoms with Crippen LogP contribution in [-0.2, 0) is 9.47 Å². The Morgan fingerprint density at radius 2 is 1.61 bits per heavy atom. The first-order valence-corrected chi connectivity index (χ1v) is 9.87. The molecule has 1 saturated carbocycles. The number of likely N-dealkylation sites (tertiary alicyclic amines) is 1. The van der Waals surface area contributed by atoms with Gasteiger partial charge >= 0.3 is 0 Å². The van der Waals surface area contributed by atoms with Crippen LogP contribution in [0, 0.1) is 5.92 Å². The van der Waals surface area contributed by atoms with Gasteiger partial charge in [-0.1, -0.05) is 0 Å². The average molecular weight is 325 g/mol. The summed E-state index contributed by atoms with van der Waals surface area (Å²) >= 11 is 0. The fraction of sp³-hybridized carbons (Fsp3) is 1.00. The first-order valence-electron chi connectivity index (χ1n) is 9.87. The van der Waals surface area contributed by atoms with Crippen molar-refractivity contribution < 1.29 is 9.47 Å². The molecule has 3 atom stereocenters. The molecule has 1 N–H and O–H groups in total. The molecule has 0 aromatic carbocycles. The number of nitrogens with zero attached hydrogens (tertiary/aromatic N) is 1. The van der Waals surface area contributed by atoms with Gasteiger partial charge in [-0.15, -0.1) is 0 Å². The van der Waals surface area contributed by atoms with Crippen molar-refractivity contribution in [2.24, 2.45) is 5.92 Å². The lowest BCUT2D eigenvalue weighted by Crippen LogP contribution is -2.40. The molecule has 0 aromatic heterocycles. The quantitative estimate of drug-likeness (QED) is 0.781. The summed E-state index contributed by atoms with van der Waals surface area (Å²) in [6, 6.07) is 0.828. The summed E-state index contributed by atoms with van der Waals surface area (Å²) in [5.74, 6) is 0.870. The third kappa shape index (κ3) is 5.42. The van der Waals surface area contributed by atoms with E-state index in [0.717, 1.165) is 25.0 Å². The zero-order valence-corrected chi connectivity index (χ0v) is 15.3. The minimum atomic E-state index is 0.369. The molecule has 3 aliphatic rings. The highest BCUT2D eigenvalue weighted by atomic mass is 16.5. The Bertz CT molecular complexity index is 349. The first-order chi connectivity index (χ1) is 11.1. The van der Waals surface area contributed by atoms with Crippen LogP contribution in [-0.4, -0.2) is 61.5 Å². The molecular formula is C19H36N2O2. The SMILES string of the molecule is CC(C)OC1CCN(C2CC2CC(C)OC2CCNCC2)CC1. The summed E-state index contributed by atoms with van der Waals surface area (Å²) in [6.45, 7) is 11.3. The van der Waals surface area contributed by atoms with Gasteiger partial charge in [0.15, 0.2) is 0 Å². The van der Waals surface area contributed by atoms with Gasteiger partial charge in [0, 0.05) is 19.1 Å². The molecule has 0 bridgehead atoms. The molecule has 3 unspecified atom stereocenters. The van der Waals surface area contributed by atoms with Crippen molar-refractivity contribution in [2.75, 3.05) is 26.2 Å². The number of nitrogens with one attached hydrogen (secondary N) is 1. The molecule has 134 valence electrons. The topological polar surface area (TPSA) is 33.7 Å². The second kappa shape index (κ2) is 8.28. The Morgan fingerprint density at radius 3 is 2.26 bits per heavy atom. The molecule has 2 heterocycles. The maximum atomic E-state index is 6.26. The molecule has 4 heteroatoms. The minimum Gasteiger partial charge on any atom is -0.375 e. The molecular weight excluding hydrogens is 288 g/mol. The summed E-state index contributed by atoms with van der Waals surface area (Å²) in [7, 11) is 0. The normalized spacial score (nSPS) is 32.3. The molecule has 23 heavy (non-hydrogen) atoms. The number of hydrogen-bond acceptors (Lipinski definition) is 4. The van der Waals surface area contributed by atoms with Crippen molar-refractivity contribution in [1.29, 1.82) is 0 Å². The standard InChI is InChI=1S/C19H36N2O2/c1-14(2)22-18-6-10-21(11-7-18)19-13-16(19)12-15(3)23-17-4-8-20-9-5-17/h14-20H,4-13H2,1-3H3. The van der Waals surface area contributed by atoms with Crippen LogP contribution in [0.4, 0.5) is 0 Å². The van der Waals surface area contributed by atoms with Crippen LogP contribution < -0.4 is 5.32 Å². The second-order valence-corrected chi connectivity index (χ2v) is 8.12. The maximum Gasteiger partial charge on any atom is 0.0603 e. The zero-order chi connectivity index (χ0) is 16.2. The number of piperidine rings is 2. The van der Waals surface area contributed by atoms with Gasteiger partial charge in [-0.25, -0.2) is 0 Å². The largest absolute Gasteiger partial charge is 0.375 e. The molecule has 2 aliphatic heterocycles. The Kier molecular flexibility index (Phi) is 6.36. The van der Waals surface area contributed by atoms with Gasteiger partial charge in [0.1, 0.15) is 0 Å². The van der Waals surface area contributed by atoms with Gasteiger partial charge < -0.3 is 14.8 Å². The van der Waals surface area contributed by atoms with Crippen LogP contribution in [0.15, 0.2) is 0 Å². The smallest absolute Gasteiger partial charge is 0.0603 e. The van der Waals surface area contributed by atoms with Gasteiger partial charge in [0.25, 0.3) is 0 Å². The second-order valence-electron chi connectivity index (χ2n) is 8.12. The van der Waals surface area contributed by atoms with E-state index in [1.165, 1.54) is 51.6 Å². The monoisotopic (exact) mass is 324 g/mol. The molecule has 4 nitrogen and oxygen atoms in total. The Labute approximate surface area is 142 Å². The van der Waals surface area contributed by atoms with Crippen LogP contribution in [0.1, 0.15) is 59.3 Å². The third-order valence-electron chi connectivity index (χ3n) is 5.64. The highest BCUT2D eigenvalue weighted by molar-refractivity contribution is 4.97. The predicted octanol–water partition coefficient (Wildman–Crippen LogP) is 2.81. The van der Waals surface area contributed by atoms with Crippen LogP contribution in [0.2, 0.25) is 0 Å². The fourth-order valence-corrected chi connectivity index (χ4v) is 4.40. The molecule has 2 saturated heterocycles. The van der Waals surface area contributed by atoms with Crippen LogP contribution in [0.25, 0.3) is 0 Å². The van der Waals surface area contributed by atoms with E-state index < -0.39 is 0 Å². The molecule has 0 radical (unpaired) electrons. The summed E-state index contributed by atoms with van der Waals surface area (Å²) in [5.41, 5.74) is 0. The lowest BCUT2D eigenvalue weighted by atomic mass is 10.1. The van der Waals surface area contributed by atoms with Crippen molar-refractivity contribution in [3.8, 4) is 0 Å². The first kappa shape index (κ1) is 17.7. The zero-order valence-electron chi connectivity index (χ0n) is 15.3. The van der Waals surface area contributed by atoms with Gasteiger partial charge in [-0.05, 0) is 78.3 Å². The van der Waals surface area contributed by atoms with E-state index in [-0.39, 0.29) is 0 Å². The van der Waals surface area contributed by atoms with Crippen molar-refractivity contribution >= 4 is 0 Å². The van der Waals surface area contributed by atoms with E-state index in [2.05, 4.69) is 31.0 Å². The van der Waals surface area contributed by atoms with E-state index in [1.54, 1.807) is 0 Å². The third-order valence-corrected chi connectivity index (χ3v) is 5.64. The van der Waals surface area contributed by atoms with Gasteiger partial charge in [-0.3, -0.25) is 4.90 Å². The van der Waals surface area contributed by atoms with E-state index in [0.29, 0.717) is 24.4 Å². The Morgan fingerprint density at radius 1 is 0.957 bits per heavy atom. The summed E-state index contributed by atoms with van der Waals surface area (Å²) in [5, 5.41) is 3.41. The summed E-state index contributed by atoms with van der Waals surface area (Å²) < 4.78 is 12.2. The van der Waals surface area contributed by atoms with Gasteiger partial charge in [0.2, 0.25) is 0 Å². The van der Waals surface area contributed by atoms with Crippen LogP contribution in [0.3, 0.4) is 0 Å². The predicted molar refractivity (Wildman–Crippen MR) is 93.8 cm³/mol. The van der Waals surface area contributed by atoms with E-state index in [9.17, 15) is 0 Å². The summed E-state index contributed by atoms with van der Waals surface area (Å²) in [4.78, 5) is 2.71. The Hall–Kier alpha value is -0.160. The van der Waals surface area contributed by atoms with E-state index in [1.807, 2.05) is 0 Å². The highest BCUT2D eigenvalue weighted by Gasteiger charge is 2.43. The molecule has 3 fully saturated rings. The number of ether oxygens (including phenoxy) is 2. The van der Waals surface area contributed by atoms with Crippen LogP contribution in [0.5, 0.6) is 0 Å². The Balaban J connectivity index is 1.32. The van der Waals surface area contributed by atoms with Crippen molar-refractivity contribution in [3.05, 3.63) is 0 Å². The molecule has 0 amide bonds. The number of hydrogen-bond donors (Lipinski definition) is 1. The van der Waals surface area contributed by atoms with Crippen molar-refractivity contribution in [1.82, 2.24) is 10.2 Å². The van der Waals surface area contributed by atoms with E-state index >= 15 is 0 Å². The lowest BCUT2D eigenvalue weighted by molar-refractivity contribution is -0.0328. The molecule has 3 rings (SSSR count). The molecule has 1 aliphatic carbocycles. The molecule has 0 spiro atoms. The maximum absolute atomic E-state index is 6.26. The van der Waals surface area contributed by atoms with Crippen LogP contribution >= 0.6 is 0 Å². The lowest BCUT2D eigenvalue weighted by Gasteiger charge is -2.33.